The Morgan fingerprint density at radius 3 is 2.57 bits per heavy atom. The maximum Gasteiger partial charge on any atom is 0.244 e. The summed E-state index contributed by atoms with van der Waals surface area (Å²) in [6.07, 6.45) is 1.59. The number of ether oxygens (including phenoxy) is 1. The summed E-state index contributed by atoms with van der Waals surface area (Å²) in [4.78, 5) is 0.234. The molecule has 0 bridgehead atoms. The van der Waals surface area contributed by atoms with Crippen LogP contribution in [0.4, 0.5) is 0 Å². The summed E-state index contributed by atoms with van der Waals surface area (Å²) in [5.74, 6) is 1.43. The zero-order valence-electron chi connectivity index (χ0n) is 15.8. The zero-order valence-corrected chi connectivity index (χ0v) is 19.0. The van der Waals surface area contributed by atoms with Crippen molar-refractivity contribution in [3.63, 3.8) is 0 Å². The Morgan fingerprint density at radius 2 is 1.93 bits per heavy atom. The Bertz CT molecular complexity index is 1080. The predicted octanol–water partition coefficient (Wildman–Crippen LogP) is 3.82. The van der Waals surface area contributed by atoms with E-state index in [4.69, 9.17) is 4.74 Å². The second-order valence-corrected chi connectivity index (χ2v) is 9.66. The Balaban J connectivity index is 1.88. The number of pyridine rings is 1. The number of benzene rings is 1. The summed E-state index contributed by atoms with van der Waals surface area (Å²) < 4.78 is 34.9. The van der Waals surface area contributed by atoms with Crippen molar-refractivity contribution >= 4 is 43.4 Å². The first kappa shape index (κ1) is 21.1. The van der Waals surface area contributed by atoms with E-state index in [-0.39, 0.29) is 4.90 Å². The lowest BCUT2D eigenvalue weighted by Crippen LogP contribution is -2.30. The van der Waals surface area contributed by atoms with Gasteiger partial charge in [-0.2, -0.15) is 4.31 Å². The molecule has 0 aliphatic heterocycles. The number of methoxy groups -OCH3 is 1. The van der Waals surface area contributed by atoms with E-state index >= 15 is 0 Å². The Labute approximate surface area is 177 Å². The molecular formula is C18H21BrN4O3S2. The van der Waals surface area contributed by atoms with Crippen molar-refractivity contribution in [2.45, 2.75) is 29.7 Å². The molecule has 0 fully saturated rings. The third-order valence-electron chi connectivity index (χ3n) is 4.27. The van der Waals surface area contributed by atoms with Crippen LogP contribution in [0, 0.1) is 0 Å². The van der Waals surface area contributed by atoms with E-state index in [0.29, 0.717) is 29.6 Å². The number of rotatable bonds is 8. The molecular weight excluding hydrogens is 464 g/mol. The molecule has 150 valence electrons. The van der Waals surface area contributed by atoms with Gasteiger partial charge in [-0.3, -0.25) is 4.40 Å². The number of halogens is 1. The van der Waals surface area contributed by atoms with Gasteiger partial charge in [0.25, 0.3) is 0 Å². The minimum atomic E-state index is -3.54. The van der Waals surface area contributed by atoms with E-state index < -0.39 is 10.0 Å². The van der Waals surface area contributed by atoms with E-state index in [9.17, 15) is 8.42 Å². The highest BCUT2D eigenvalue weighted by Crippen LogP contribution is 2.29. The van der Waals surface area contributed by atoms with Crippen molar-refractivity contribution in [1.82, 2.24) is 18.9 Å². The molecule has 0 N–H and O–H groups in total. The van der Waals surface area contributed by atoms with Crippen LogP contribution in [0.2, 0.25) is 0 Å². The first-order valence-corrected chi connectivity index (χ1v) is 11.9. The van der Waals surface area contributed by atoms with Gasteiger partial charge in [-0.1, -0.05) is 31.7 Å². The third-order valence-corrected chi connectivity index (χ3v) is 7.94. The van der Waals surface area contributed by atoms with Gasteiger partial charge in [0.1, 0.15) is 5.75 Å². The molecule has 3 rings (SSSR count). The van der Waals surface area contributed by atoms with Gasteiger partial charge in [0.05, 0.1) is 16.5 Å². The van der Waals surface area contributed by atoms with Gasteiger partial charge in [-0.15, -0.1) is 10.2 Å². The van der Waals surface area contributed by atoms with E-state index in [1.807, 2.05) is 32.0 Å². The van der Waals surface area contributed by atoms with Crippen LogP contribution < -0.4 is 4.74 Å². The number of sulfonamides is 1. The Hall–Kier alpha value is -1.62. The first-order chi connectivity index (χ1) is 13.4. The second kappa shape index (κ2) is 8.81. The molecule has 28 heavy (non-hydrogen) atoms. The molecule has 0 radical (unpaired) electrons. The summed E-state index contributed by atoms with van der Waals surface area (Å²) in [7, 11) is -1.91. The van der Waals surface area contributed by atoms with Crippen LogP contribution in [0.15, 0.2) is 51.1 Å². The average molecular weight is 485 g/mol. The monoisotopic (exact) mass is 484 g/mol. The molecule has 0 saturated carbocycles. The number of hydrogen-bond acceptors (Lipinski definition) is 6. The second-order valence-electron chi connectivity index (χ2n) is 5.92. The van der Waals surface area contributed by atoms with Crippen LogP contribution in [-0.4, -0.2) is 47.5 Å². The van der Waals surface area contributed by atoms with Crippen molar-refractivity contribution in [2.75, 3.05) is 20.2 Å². The van der Waals surface area contributed by atoms with Gasteiger partial charge in [-0.25, -0.2) is 8.42 Å². The van der Waals surface area contributed by atoms with Crippen molar-refractivity contribution in [3.05, 3.63) is 46.6 Å². The maximum absolute atomic E-state index is 12.8. The van der Waals surface area contributed by atoms with Crippen molar-refractivity contribution in [2.24, 2.45) is 0 Å². The zero-order chi connectivity index (χ0) is 20.3. The van der Waals surface area contributed by atoms with Gasteiger partial charge in [0.15, 0.2) is 10.8 Å². The van der Waals surface area contributed by atoms with Gasteiger partial charge in [0.2, 0.25) is 10.0 Å². The summed E-state index contributed by atoms with van der Waals surface area (Å²) in [6.45, 7) is 4.50. The molecule has 10 heteroatoms. The largest absolute Gasteiger partial charge is 0.496 e. The highest BCUT2D eigenvalue weighted by atomic mass is 79.9. The molecule has 0 spiro atoms. The number of fused-ring (bicyclic) bond motifs is 1. The van der Waals surface area contributed by atoms with Crippen LogP contribution in [0.25, 0.3) is 5.65 Å². The Morgan fingerprint density at radius 1 is 1.18 bits per heavy atom. The van der Waals surface area contributed by atoms with Crippen LogP contribution in [-0.2, 0) is 15.8 Å². The molecule has 7 nitrogen and oxygen atoms in total. The topological polar surface area (TPSA) is 76.8 Å². The number of aromatic nitrogens is 3. The molecule has 2 aromatic heterocycles. The molecule has 0 saturated heterocycles. The third kappa shape index (κ3) is 4.19. The van der Waals surface area contributed by atoms with Crippen LogP contribution in [0.3, 0.4) is 0 Å². The lowest BCUT2D eigenvalue weighted by atomic mass is 10.2. The lowest BCUT2D eigenvalue weighted by molar-refractivity contribution is 0.412. The van der Waals surface area contributed by atoms with Crippen molar-refractivity contribution in [3.8, 4) is 5.75 Å². The van der Waals surface area contributed by atoms with E-state index in [0.717, 1.165) is 15.8 Å². The van der Waals surface area contributed by atoms with E-state index in [1.165, 1.54) is 16.1 Å². The smallest absolute Gasteiger partial charge is 0.244 e. The number of nitrogens with zero attached hydrogens (tertiary/aromatic N) is 4. The fourth-order valence-corrected chi connectivity index (χ4v) is 5.67. The van der Waals surface area contributed by atoms with E-state index in [2.05, 4.69) is 26.1 Å². The summed E-state index contributed by atoms with van der Waals surface area (Å²) in [5, 5.41) is 8.98. The maximum atomic E-state index is 12.8. The normalized spacial score (nSPS) is 12.0. The molecule has 0 unspecified atom stereocenters. The minimum absolute atomic E-state index is 0.234. The molecule has 0 aliphatic carbocycles. The fraction of sp³-hybridized carbons (Fsp3) is 0.333. The predicted molar refractivity (Wildman–Crippen MR) is 113 cm³/mol. The number of hydrogen-bond donors (Lipinski definition) is 0. The fourth-order valence-electron chi connectivity index (χ4n) is 2.76. The molecule has 0 amide bonds. The van der Waals surface area contributed by atoms with Gasteiger partial charge in [0, 0.05) is 25.0 Å². The van der Waals surface area contributed by atoms with Crippen LogP contribution >= 0.6 is 27.7 Å². The van der Waals surface area contributed by atoms with Gasteiger partial charge in [-0.05, 0) is 45.8 Å². The summed E-state index contributed by atoms with van der Waals surface area (Å²) in [5.41, 5.74) is 1.69. The average Bonchev–Trinajstić information content (AvgIpc) is 3.09. The standard InChI is InChI=1S/C18H21BrN4O3S2/c1-4-22(5-2)28(24,25)14-7-9-17-20-21-18(23(17)11-14)27-12-13-6-8-16(26-3)15(19)10-13/h6-11H,4-5,12H2,1-3H3. The van der Waals surface area contributed by atoms with E-state index in [1.54, 1.807) is 29.8 Å². The molecule has 1 aromatic carbocycles. The SMILES string of the molecule is CCN(CC)S(=O)(=O)c1ccc2nnc(SCc3ccc(OC)c(Br)c3)n2c1. The molecule has 3 aromatic rings. The van der Waals surface area contributed by atoms with Crippen molar-refractivity contribution in [1.29, 1.82) is 0 Å². The van der Waals surface area contributed by atoms with Crippen LogP contribution in [0.5, 0.6) is 5.75 Å². The summed E-state index contributed by atoms with van der Waals surface area (Å²) >= 11 is 4.98. The molecule has 0 aliphatic rings. The first-order valence-electron chi connectivity index (χ1n) is 8.70. The van der Waals surface area contributed by atoms with Gasteiger partial charge < -0.3 is 4.74 Å². The van der Waals surface area contributed by atoms with Crippen molar-refractivity contribution < 1.29 is 13.2 Å². The molecule has 0 atom stereocenters. The number of thioether (sulfide) groups is 1. The highest BCUT2D eigenvalue weighted by Gasteiger charge is 2.22. The van der Waals surface area contributed by atoms with Gasteiger partial charge >= 0.3 is 0 Å². The quantitative estimate of drug-likeness (QED) is 0.452. The summed E-state index contributed by atoms with van der Waals surface area (Å²) in [6, 6.07) is 9.13. The Kier molecular flexibility index (Phi) is 6.64. The molecule has 2 heterocycles. The highest BCUT2D eigenvalue weighted by molar-refractivity contribution is 9.10. The minimum Gasteiger partial charge on any atom is -0.496 e. The van der Waals surface area contributed by atoms with Crippen LogP contribution in [0.1, 0.15) is 19.4 Å². The lowest BCUT2D eigenvalue weighted by Gasteiger charge is -2.18.